The van der Waals surface area contributed by atoms with Gasteiger partial charge in [0, 0.05) is 5.39 Å². The highest BCUT2D eigenvalue weighted by atomic mass is 35.5. The zero-order chi connectivity index (χ0) is 12.4. The average Bonchev–Trinajstić information content (AvgIpc) is 2.30. The molecule has 0 spiro atoms. The van der Waals surface area contributed by atoms with E-state index in [4.69, 9.17) is 27.9 Å². The van der Waals surface area contributed by atoms with Gasteiger partial charge in [0.2, 0.25) is 0 Å². The third-order valence-corrected chi connectivity index (χ3v) is 2.62. The van der Waals surface area contributed by atoms with E-state index in [1.54, 1.807) is 13.0 Å². The maximum atomic E-state index is 11.5. The Morgan fingerprint density at radius 2 is 2.18 bits per heavy atom. The van der Waals surface area contributed by atoms with Gasteiger partial charge in [0.25, 0.3) is 0 Å². The number of fused-ring (bicyclic) bond motifs is 1. The van der Waals surface area contributed by atoms with Gasteiger partial charge in [0.05, 0.1) is 23.3 Å². The standard InChI is InChI=1S/C11H8Cl2N2O2/c1-2-17-11(16)8-4-7(12)6-3-10(13)14-5-9(6)15-8/h3-5H,2H2,1H3. The van der Waals surface area contributed by atoms with Gasteiger partial charge in [-0.05, 0) is 19.1 Å². The van der Waals surface area contributed by atoms with E-state index in [1.165, 1.54) is 12.3 Å². The number of hydrogen-bond donors (Lipinski definition) is 0. The van der Waals surface area contributed by atoms with E-state index in [-0.39, 0.29) is 12.3 Å². The van der Waals surface area contributed by atoms with Gasteiger partial charge < -0.3 is 4.74 Å². The number of hydrogen-bond acceptors (Lipinski definition) is 4. The molecule has 0 fully saturated rings. The molecular weight excluding hydrogens is 263 g/mol. The Kier molecular flexibility index (Phi) is 3.45. The lowest BCUT2D eigenvalue weighted by Gasteiger charge is -2.04. The first-order valence-electron chi connectivity index (χ1n) is 4.90. The maximum absolute atomic E-state index is 11.5. The van der Waals surface area contributed by atoms with E-state index < -0.39 is 5.97 Å². The van der Waals surface area contributed by atoms with Crippen LogP contribution in [0.1, 0.15) is 17.4 Å². The van der Waals surface area contributed by atoms with Crippen molar-refractivity contribution in [1.82, 2.24) is 9.97 Å². The number of pyridine rings is 2. The van der Waals surface area contributed by atoms with Crippen LogP contribution in [0.5, 0.6) is 0 Å². The van der Waals surface area contributed by atoms with Crippen LogP contribution < -0.4 is 0 Å². The van der Waals surface area contributed by atoms with Gasteiger partial charge >= 0.3 is 5.97 Å². The zero-order valence-electron chi connectivity index (χ0n) is 8.91. The molecule has 0 bridgehead atoms. The lowest BCUT2D eigenvalue weighted by atomic mass is 10.2. The summed E-state index contributed by atoms with van der Waals surface area (Å²) >= 11 is 11.8. The van der Waals surface area contributed by atoms with Gasteiger partial charge in [-0.15, -0.1) is 0 Å². The number of rotatable bonds is 2. The van der Waals surface area contributed by atoms with Gasteiger partial charge in [0.1, 0.15) is 5.15 Å². The van der Waals surface area contributed by atoms with Crippen LogP contribution in [0.15, 0.2) is 18.3 Å². The zero-order valence-corrected chi connectivity index (χ0v) is 10.4. The second kappa shape index (κ2) is 4.85. The first kappa shape index (κ1) is 12.1. The van der Waals surface area contributed by atoms with Gasteiger partial charge in [-0.1, -0.05) is 23.2 Å². The maximum Gasteiger partial charge on any atom is 0.356 e. The number of carbonyl (C=O) groups excluding carboxylic acids is 1. The van der Waals surface area contributed by atoms with E-state index in [0.29, 0.717) is 21.1 Å². The molecule has 0 N–H and O–H groups in total. The first-order valence-corrected chi connectivity index (χ1v) is 5.66. The van der Waals surface area contributed by atoms with Crippen molar-refractivity contribution in [2.24, 2.45) is 0 Å². The van der Waals surface area contributed by atoms with Crippen molar-refractivity contribution < 1.29 is 9.53 Å². The summed E-state index contributed by atoms with van der Waals surface area (Å²) in [7, 11) is 0. The van der Waals surface area contributed by atoms with Gasteiger partial charge in [-0.2, -0.15) is 0 Å². The van der Waals surface area contributed by atoms with E-state index in [2.05, 4.69) is 9.97 Å². The molecule has 0 aliphatic carbocycles. The Morgan fingerprint density at radius 1 is 1.41 bits per heavy atom. The number of carbonyl (C=O) groups is 1. The molecule has 88 valence electrons. The minimum atomic E-state index is -0.508. The molecule has 0 aromatic carbocycles. The third-order valence-electron chi connectivity index (χ3n) is 2.10. The van der Waals surface area contributed by atoms with Crippen LogP contribution in [0.4, 0.5) is 0 Å². The number of halogens is 2. The van der Waals surface area contributed by atoms with E-state index in [0.717, 1.165) is 0 Å². The molecule has 2 heterocycles. The summed E-state index contributed by atoms with van der Waals surface area (Å²) in [6.07, 6.45) is 1.46. The van der Waals surface area contributed by atoms with Crippen LogP contribution >= 0.6 is 23.2 Å². The molecule has 0 saturated heterocycles. The largest absolute Gasteiger partial charge is 0.461 e. The van der Waals surface area contributed by atoms with Crippen molar-refractivity contribution in [3.05, 3.63) is 34.2 Å². The lowest BCUT2D eigenvalue weighted by molar-refractivity contribution is 0.0520. The molecule has 2 aromatic rings. The molecular formula is C11H8Cl2N2O2. The topological polar surface area (TPSA) is 52.1 Å². The Morgan fingerprint density at radius 3 is 2.88 bits per heavy atom. The predicted molar refractivity (Wildman–Crippen MR) is 65.5 cm³/mol. The van der Waals surface area contributed by atoms with E-state index in [9.17, 15) is 4.79 Å². The highest BCUT2D eigenvalue weighted by Crippen LogP contribution is 2.24. The van der Waals surface area contributed by atoms with E-state index >= 15 is 0 Å². The van der Waals surface area contributed by atoms with Crippen LogP contribution in [-0.4, -0.2) is 22.5 Å². The van der Waals surface area contributed by atoms with Crippen molar-refractivity contribution >= 4 is 40.1 Å². The Hall–Kier alpha value is -1.39. The SMILES string of the molecule is CCOC(=O)c1cc(Cl)c2cc(Cl)ncc2n1. The summed E-state index contributed by atoms with van der Waals surface area (Å²) in [5.74, 6) is -0.508. The van der Waals surface area contributed by atoms with Gasteiger partial charge in [-0.3, -0.25) is 0 Å². The average molecular weight is 271 g/mol. The fraction of sp³-hybridized carbons (Fsp3) is 0.182. The summed E-state index contributed by atoms with van der Waals surface area (Å²) in [6, 6.07) is 3.05. The molecule has 0 radical (unpaired) electrons. The molecule has 0 saturated carbocycles. The van der Waals surface area contributed by atoms with Crippen molar-refractivity contribution in [2.45, 2.75) is 6.92 Å². The summed E-state index contributed by atoms with van der Waals surface area (Å²) < 4.78 is 4.85. The molecule has 2 rings (SSSR count). The van der Waals surface area contributed by atoms with Crippen LogP contribution in [0.25, 0.3) is 10.9 Å². The molecule has 4 nitrogen and oxygen atoms in total. The lowest BCUT2D eigenvalue weighted by Crippen LogP contribution is -2.07. The molecule has 17 heavy (non-hydrogen) atoms. The van der Waals surface area contributed by atoms with Crippen LogP contribution in [0, 0.1) is 0 Å². The van der Waals surface area contributed by atoms with Gasteiger partial charge in [-0.25, -0.2) is 14.8 Å². The molecule has 0 atom stereocenters. The molecule has 0 aliphatic heterocycles. The van der Waals surface area contributed by atoms with Crippen molar-refractivity contribution in [3.8, 4) is 0 Å². The molecule has 2 aromatic heterocycles. The normalized spacial score (nSPS) is 10.5. The van der Waals surface area contributed by atoms with Gasteiger partial charge in [0.15, 0.2) is 5.69 Å². The molecule has 0 unspecified atom stereocenters. The Labute approximate surface area is 108 Å². The third kappa shape index (κ3) is 2.48. The summed E-state index contributed by atoms with van der Waals surface area (Å²) in [5, 5.41) is 1.37. The molecule has 0 amide bonds. The highest BCUT2D eigenvalue weighted by molar-refractivity contribution is 6.36. The fourth-order valence-corrected chi connectivity index (χ4v) is 1.79. The first-order chi connectivity index (χ1) is 8.11. The summed E-state index contributed by atoms with van der Waals surface area (Å²) in [5.41, 5.74) is 0.665. The number of aromatic nitrogens is 2. The quantitative estimate of drug-likeness (QED) is 0.622. The van der Waals surface area contributed by atoms with Crippen LogP contribution in [0.3, 0.4) is 0 Å². The minimum absolute atomic E-state index is 0.161. The Balaban J connectivity index is 2.56. The summed E-state index contributed by atoms with van der Waals surface area (Å²) in [4.78, 5) is 19.5. The van der Waals surface area contributed by atoms with Crippen molar-refractivity contribution in [3.63, 3.8) is 0 Å². The second-order valence-corrected chi connectivity index (χ2v) is 4.03. The predicted octanol–water partition coefficient (Wildman–Crippen LogP) is 3.11. The van der Waals surface area contributed by atoms with Crippen LogP contribution in [0.2, 0.25) is 10.2 Å². The molecule has 0 aliphatic rings. The molecule has 6 heteroatoms. The van der Waals surface area contributed by atoms with E-state index in [1.807, 2.05) is 0 Å². The number of nitrogens with zero attached hydrogens (tertiary/aromatic N) is 2. The van der Waals surface area contributed by atoms with Crippen LogP contribution in [-0.2, 0) is 4.74 Å². The minimum Gasteiger partial charge on any atom is -0.461 e. The monoisotopic (exact) mass is 270 g/mol. The number of esters is 1. The second-order valence-electron chi connectivity index (χ2n) is 3.23. The highest BCUT2D eigenvalue weighted by Gasteiger charge is 2.12. The number of ether oxygens (including phenoxy) is 1. The smallest absolute Gasteiger partial charge is 0.356 e. The summed E-state index contributed by atoms with van der Waals surface area (Å²) in [6.45, 7) is 2.01. The Bertz CT molecular complexity index is 587. The fourth-order valence-electron chi connectivity index (χ4n) is 1.37. The van der Waals surface area contributed by atoms with Crippen molar-refractivity contribution in [1.29, 1.82) is 0 Å². The van der Waals surface area contributed by atoms with Crippen molar-refractivity contribution in [2.75, 3.05) is 6.61 Å².